The Morgan fingerprint density at radius 1 is 1.04 bits per heavy atom. The topological polar surface area (TPSA) is 82.0 Å². The van der Waals surface area contributed by atoms with Gasteiger partial charge in [0.25, 0.3) is 5.91 Å². The number of anilines is 1. The summed E-state index contributed by atoms with van der Waals surface area (Å²) < 4.78 is 0. The molecule has 0 spiro atoms. The zero-order chi connectivity index (χ0) is 18.9. The Kier molecular flexibility index (Phi) is 6.92. The van der Waals surface area contributed by atoms with Crippen LogP contribution in [0.2, 0.25) is 0 Å². The van der Waals surface area contributed by atoms with Gasteiger partial charge in [0.05, 0.1) is 12.5 Å². The molecule has 0 bridgehead atoms. The van der Waals surface area contributed by atoms with Gasteiger partial charge in [-0.3, -0.25) is 9.59 Å². The molecule has 0 heterocycles. The van der Waals surface area contributed by atoms with E-state index in [4.69, 9.17) is 5.26 Å². The van der Waals surface area contributed by atoms with Crippen LogP contribution in [0.3, 0.4) is 0 Å². The lowest BCUT2D eigenvalue weighted by Gasteiger charge is -2.19. The number of nitrogens with one attached hydrogen (secondary N) is 2. The van der Waals surface area contributed by atoms with Crippen molar-refractivity contribution in [2.75, 3.05) is 5.32 Å². The number of carbonyl (C=O) groups excluding carboxylic acids is 2. The van der Waals surface area contributed by atoms with Crippen molar-refractivity contribution in [3.05, 3.63) is 65.7 Å². The first-order valence-electron chi connectivity index (χ1n) is 8.60. The second kappa shape index (κ2) is 9.38. The van der Waals surface area contributed by atoms with E-state index in [1.165, 1.54) is 0 Å². The summed E-state index contributed by atoms with van der Waals surface area (Å²) in [6.07, 6.45) is 0.686. The number of rotatable bonds is 7. The summed E-state index contributed by atoms with van der Waals surface area (Å²) in [4.78, 5) is 25.0. The average Bonchev–Trinajstić information content (AvgIpc) is 2.61. The van der Waals surface area contributed by atoms with Gasteiger partial charge >= 0.3 is 0 Å². The monoisotopic (exact) mass is 349 g/mol. The van der Waals surface area contributed by atoms with E-state index in [1.807, 2.05) is 44.2 Å². The lowest BCUT2D eigenvalue weighted by atomic mass is 10.0. The molecule has 134 valence electrons. The first-order valence-corrected chi connectivity index (χ1v) is 8.60. The van der Waals surface area contributed by atoms with Crippen molar-refractivity contribution >= 4 is 17.5 Å². The largest absolute Gasteiger partial charge is 0.341 e. The molecule has 0 saturated carbocycles. The summed E-state index contributed by atoms with van der Waals surface area (Å²) in [5.74, 6) is -0.253. The first kappa shape index (κ1) is 19.2. The molecule has 2 aromatic carbocycles. The Balaban J connectivity index is 2.14. The molecule has 0 aromatic heterocycles. The summed E-state index contributed by atoms with van der Waals surface area (Å²) in [6, 6.07) is 17.6. The lowest BCUT2D eigenvalue weighted by molar-refractivity contribution is -0.127. The summed E-state index contributed by atoms with van der Waals surface area (Å²) >= 11 is 0. The van der Waals surface area contributed by atoms with Gasteiger partial charge in [0.15, 0.2) is 0 Å². The van der Waals surface area contributed by atoms with Crippen LogP contribution in [0.15, 0.2) is 54.6 Å². The van der Waals surface area contributed by atoms with Crippen LogP contribution in [-0.2, 0) is 16.0 Å². The second-order valence-corrected chi connectivity index (χ2v) is 6.53. The van der Waals surface area contributed by atoms with E-state index in [-0.39, 0.29) is 17.7 Å². The van der Waals surface area contributed by atoms with E-state index in [2.05, 4.69) is 16.7 Å². The second-order valence-electron chi connectivity index (χ2n) is 6.53. The molecule has 0 aliphatic rings. The highest BCUT2D eigenvalue weighted by Gasteiger charge is 2.23. The van der Waals surface area contributed by atoms with Crippen molar-refractivity contribution in [3.8, 4) is 6.07 Å². The van der Waals surface area contributed by atoms with Crippen LogP contribution >= 0.6 is 0 Å². The van der Waals surface area contributed by atoms with E-state index < -0.39 is 6.04 Å². The quantitative estimate of drug-likeness (QED) is 0.801. The highest BCUT2D eigenvalue weighted by atomic mass is 16.2. The van der Waals surface area contributed by atoms with Crippen molar-refractivity contribution in [2.24, 2.45) is 5.92 Å². The van der Waals surface area contributed by atoms with Crippen LogP contribution in [0.5, 0.6) is 0 Å². The normalized spacial score (nSPS) is 11.5. The minimum atomic E-state index is -0.763. The molecule has 1 atom stereocenters. The predicted octanol–water partition coefficient (Wildman–Crippen LogP) is 3.59. The highest BCUT2D eigenvalue weighted by molar-refractivity contribution is 5.97. The Morgan fingerprint density at radius 2 is 1.69 bits per heavy atom. The molecule has 2 amide bonds. The van der Waals surface area contributed by atoms with Gasteiger partial charge in [-0.1, -0.05) is 56.3 Å². The Morgan fingerprint density at radius 3 is 2.27 bits per heavy atom. The number of amides is 2. The summed E-state index contributed by atoms with van der Waals surface area (Å²) in [6.45, 7) is 3.92. The van der Waals surface area contributed by atoms with Gasteiger partial charge in [-0.15, -0.1) is 0 Å². The first-order chi connectivity index (χ1) is 12.5. The van der Waals surface area contributed by atoms with E-state index in [9.17, 15) is 9.59 Å². The number of carbonyl (C=O) groups is 2. The fraction of sp³-hybridized carbons (Fsp3) is 0.286. The van der Waals surface area contributed by atoms with Gasteiger partial charge < -0.3 is 10.6 Å². The van der Waals surface area contributed by atoms with E-state index >= 15 is 0 Å². The SMILES string of the molecule is CC(C)CC(=O)NC(C(=O)Nc1ccc(CC#N)cc1)c1ccccc1. The average molecular weight is 349 g/mol. The molecule has 0 aliphatic carbocycles. The molecule has 26 heavy (non-hydrogen) atoms. The molecular weight excluding hydrogens is 326 g/mol. The maximum atomic E-state index is 12.8. The van der Waals surface area contributed by atoms with Crippen molar-refractivity contribution in [3.63, 3.8) is 0 Å². The van der Waals surface area contributed by atoms with Gasteiger partial charge in [0, 0.05) is 12.1 Å². The van der Waals surface area contributed by atoms with Gasteiger partial charge in [0.1, 0.15) is 6.04 Å². The summed E-state index contributed by atoms with van der Waals surface area (Å²) in [7, 11) is 0. The Hall–Kier alpha value is -3.13. The van der Waals surface area contributed by atoms with E-state index in [0.717, 1.165) is 11.1 Å². The Bertz CT molecular complexity index is 777. The van der Waals surface area contributed by atoms with Gasteiger partial charge in [0.2, 0.25) is 5.91 Å². The smallest absolute Gasteiger partial charge is 0.251 e. The van der Waals surface area contributed by atoms with Crippen LogP contribution < -0.4 is 10.6 Å². The number of nitriles is 1. The molecule has 5 heteroatoms. The molecule has 0 radical (unpaired) electrons. The number of hydrogen-bond acceptors (Lipinski definition) is 3. The number of nitrogens with zero attached hydrogens (tertiary/aromatic N) is 1. The van der Waals surface area contributed by atoms with Crippen molar-refractivity contribution in [1.29, 1.82) is 5.26 Å². The molecular formula is C21H23N3O2. The lowest BCUT2D eigenvalue weighted by Crippen LogP contribution is -2.37. The number of benzene rings is 2. The Labute approximate surface area is 154 Å². The summed E-state index contributed by atoms with van der Waals surface area (Å²) in [5.41, 5.74) is 2.23. The van der Waals surface area contributed by atoms with Crippen LogP contribution in [-0.4, -0.2) is 11.8 Å². The van der Waals surface area contributed by atoms with Gasteiger partial charge in [-0.25, -0.2) is 0 Å². The third kappa shape index (κ3) is 5.75. The van der Waals surface area contributed by atoms with Crippen molar-refractivity contribution in [2.45, 2.75) is 32.7 Å². The molecule has 2 aromatic rings. The third-order valence-electron chi connectivity index (χ3n) is 3.80. The fourth-order valence-electron chi connectivity index (χ4n) is 2.55. The standard InChI is InChI=1S/C21H23N3O2/c1-15(2)14-19(25)24-20(17-6-4-3-5-7-17)21(26)23-18-10-8-16(9-11-18)12-13-22/h3-11,15,20H,12,14H2,1-2H3,(H,23,26)(H,24,25). The zero-order valence-corrected chi connectivity index (χ0v) is 15.0. The minimum Gasteiger partial charge on any atom is -0.341 e. The van der Waals surface area contributed by atoms with Crippen LogP contribution in [0.25, 0.3) is 0 Å². The maximum Gasteiger partial charge on any atom is 0.251 e. The summed E-state index contributed by atoms with van der Waals surface area (Å²) in [5, 5.41) is 14.4. The van der Waals surface area contributed by atoms with Gasteiger partial charge in [-0.05, 0) is 29.2 Å². The zero-order valence-electron chi connectivity index (χ0n) is 15.0. The fourth-order valence-corrected chi connectivity index (χ4v) is 2.55. The maximum absolute atomic E-state index is 12.8. The van der Waals surface area contributed by atoms with Gasteiger partial charge in [-0.2, -0.15) is 5.26 Å². The van der Waals surface area contributed by atoms with Crippen molar-refractivity contribution in [1.82, 2.24) is 5.32 Å². The minimum absolute atomic E-state index is 0.159. The molecule has 2 N–H and O–H groups in total. The highest BCUT2D eigenvalue weighted by Crippen LogP contribution is 2.17. The van der Waals surface area contributed by atoms with Crippen molar-refractivity contribution < 1.29 is 9.59 Å². The van der Waals surface area contributed by atoms with Crippen LogP contribution in [0, 0.1) is 17.2 Å². The third-order valence-corrected chi connectivity index (χ3v) is 3.80. The van der Waals surface area contributed by atoms with Crippen LogP contribution in [0.1, 0.15) is 37.4 Å². The molecule has 0 fully saturated rings. The van der Waals surface area contributed by atoms with E-state index in [0.29, 0.717) is 18.5 Å². The molecule has 2 rings (SSSR count). The molecule has 5 nitrogen and oxygen atoms in total. The molecule has 0 aliphatic heterocycles. The van der Waals surface area contributed by atoms with Crippen LogP contribution in [0.4, 0.5) is 5.69 Å². The number of hydrogen-bond donors (Lipinski definition) is 2. The molecule has 1 unspecified atom stereocenters. The molecule has 0 saturated heterocycles. The predicted molar refractivity (Wildman–Crippen MR) is 101 cm³/mol. The van der Waals surface area contributed by atoms with E-state index in [1.54, 1.807) is 24.3 Å².